The first-order chi connectivity index (χ1) is 8.41. The van der Waals surface area contributed by atoms with Gasteiger partial charge < -0.3 is 10.2 Å². The summed E-state index contributed by atoms with van der Waals surface area (Å²) in [6.07, 6.45) is 0. The van der Waals surface area contributed by atoms with Crippen LogP contribution in [-0.4, -0.2) is 43.8 Å². The van der Waals surface area contributed by atoms with E-state index in [1.54, 1.807) is 6.92 Å². The highest BCUT2D eigenvalue weighted by molar-refractivity contribution is 6.42. The standard InChI is InChI=1S/C13H17FN2O2/c1-9-8-10(4-5-11(9)14)12(17)13(18)15-6-7-16(2)3/h4-5,8H,6-7H2,1-3H3,(H,15,18). The van der Waals surface area contributed by atoms with Crippen molar-refractivity contribution < 1.29 is 14.0 Å². The van der Waals surface area contributed by atoms with Gasteiger partial charge in [-0.05, 0) is 44.8 Å². The topological polar surface area (TPSA) is 49.4 Å². The zero-order valence-corrected chi connectivity index (χ0v) is 10.8. The van der Waals surface area contributed by atoms with Gasteiger partial charge in [-0.25, -0.2) is 4.39 Å². The lowest BCUT2D eigenvalue weighted by Gasteiger charge is -2.10. The van der Waals surface area contributed by atoms with E-state index in [4.69, 9.17) is 0 Å². The van der Waals surface area contributed by atoms with Crippen LogP contribution in [0.3, 0.4) is 0 Å². The van der Waals surface area contributed by atoms with Gasteiger partial charge in [0.1, 0.15) is 5.82 Å². The van der Waals surface area contributed by atoms with Gasteiger partial charge >= 0.3 is 0 Å². The quantitative estimate of drug-likeness (QED) is 0.628. The number of aryl methyl sites for hydroxylation is 1. The molecule has 4 nitrogen and oxygen atoms in total. The van der Waals surface area contributed by atoms with E-state index in [2.05, 4.69) is 5.32 Å². The monoisotopic (exact) mass is 252 g/mol. The van der Waals surface area contributed by atoms with E-state index in [-0.39, 0.29) is 11.4 Å². The molecular formula is C13H17FN2O2. The summed E-state index contributed by atoms with van der Waals surface area (Å²) in [6, 6.07) is 3.88. The van der Waals surface area contributed by atoms with Crippen molar-refractivity contribution in [1.82, 2.24) is 10.2 Å². The fourth-order valence-electron chi connectivity index (χ4n) is 1.39. The number of nitrogens with one attached hydrogen (secondary N) is 1. The van der Waals surface area contributed by atoms with Crippen LogP contribution in [0.1, 0.15) is 15.9 Å². The zero-order chi connectivity index (χ0) is 13.7. The Labute approximate surface area is 106 Å². The van der Waals surface area contributed by atoms with Crippen LogP contribution in [0, 0.1) is 12.7 Å². The summed E-state index contributed by atoms with van der Waals surface area (Å²) in [4.78, 5) is 25.2. The first-order valence-electron chi connectivity index (χ1n) is 5.65. The summed E-state index contributed by atoms with van der Waals surface area (Å²) in [7, 11) is 3.74. The van der Waals surface area contributed by atoms with Crippen LogP contribution < -0.4 is 5.32 Å². The molecule has 1 amide bonds. The average Bonchev–Trinajstić information content (AvgIpc) is 2.31. The summed E-state index contributed by atoms with van der Waals surface area (Å²) < 4.78 is 13.0. The van der Waals surface area contributed by atoms with E-state index >= 15 is 0 Å². The molecule has 5 heteroatoms. The first kappa shape index (κ1) is 14.3. The van der Waals surface area contributed by atoms with E-state index in [1.165, 1.54) is 18.2 Å². The van der Waals surface area contributed by atoms with E-state index in [0.29, 0.717) is 18.7 Å². The second kappa shape index (κ2) is 6.26. The number of likely N-dealkylation sites (N-methyl/N-ethyl adjacent to an activating group) is 1. The molecule has 1 N–H and O–H groups in total. The first-order valence-corrected chi connectivity index (χ1v) is 5.65. The highest BCUT2D eigenvalue weighted by Gasteiger charge is 2.16. The van der Waals surface area contributed by atoms with Crippen LogP contribution in [0.4, 0.5) is 4.39 Å². The zero-order valence-electron chi connectivity index (χ0n) is 10.8. The molecule has 0 saturated heterocycles. The molecule has 0 spiro atoms. The van der Waals surface area contributed by atoms with Crippen LogP contribution in [-0.2, 0) is 4.79 Å². The van der Waals surface area contributed by atoms with Crippen molar-refractivity contribution in [2.45, 2.75) is 6.92 Å². The molecule has 0 radical (unpaired) electrons. The number of rotatable bonds is 5. The Hall–Kier alpha value is -1.75. The van der Waals surface area contributed by atoms with Gasteiger partial charge in [0.2, 0.25) is 5.78 Å². The number of amides is 1. The van der Waals surface area contributed by atoms with Gasteiger partial charge in [-0.2, -0.15) is 0 Å². The summed E-state index contributed by atoms with van der Waals surface area (Å²) >= 11 is 0. The molecule has 0 aliphatic heterocycles. The predicted octanol–water partition coefficient (Wildman–Crippen LogP) is 0.995. The van der Waals surface area contributed by atoms with Gasteiger partial charge in [0.25, 0.3) is 5.91 Å². The molecule has 0 bridgehead atoms. The molecule has 1 aromatic carbocycles. The van der Waals surface area contributed by atoms with Crippen molar-refractivity contribution in [2.24, 2.45) is 0 Å². The molecule has 1 aromatic rings. The summed E-state index contributed by atoms with van der Waals surface area (Å²) in [6.45, 7) is 2.61. The van der Waals surface area contributed by atoms with E-state index in [1.807, 2.05) is 19.0 Å². The number of nitrogens with zero attached hydrogens (tertiary/aromatic N) is 1. The Kier molecular flexibility index (Phi) is 4.97. The van der Waals surface area contributed by atoms with Crippen LogP contribution in [0.15, 0.2) is 18.2 Å². The average molecular weight is 252 g/mol. The molecular weight excluding hydrogens is 235 g/mol. The maximum atomic E-state index is 13.0. The van der Waals surface area contributed by atoms with Gasteiger partial charge in [0, 0.05) is 18.7 Å². The molecule has 0 unspecified atom stereocenters. The van der Waals surface area contributed by atoms with Crippen molar-refractivity contribution in [1.29, 1.82) is 0 Å². The lowest BCUT2D eigenvalue weighted by Crippen LogP contribution is -2.35. The number of hydrogen-bond acceptors (Lipinski definition) is 3. The molecule has 0 aliphatic rings. The van der Waals surface area contributed by atoms with E-state index in [0.717, 1.165) is 0 Å². The summed E-state index contributed by atoms with van der Waals surface area (Å²) in [5, 5.41) is 2.52. The maximum Gasteiger partial charge on any atom is 0.292 e. The molecule has 0 atom stereocenters. The number of carbonyl (C=O) groups excluding carboxylic acids is 2. The van der Waals surface area contributed by atoms with Crippen molar-refractivity contribution in [3.05, 3.63) is 35.1 Å². The minimum absolute atomic E-state index is 0.205. The molecule has 0 heterocycles. The van der Waals surface area contributed by atoms with Crippen molar-refractivity contribution in [3.8, 4) is 0 Å². The van der Waals surface area contributed by atoms with Gasteiger partial charge in [-0.15, -0.1) is 0 Å². The fourth-order valence-corrected chi connectivity index (χ4v) is 1.39. The molecule has 98 valence electrons. The minimum Gasteiger partial charge on any atom is -0.348 e. The number of ketones is 1. The highest BCUT2D eigenvalue weighted by atomic mass is 19.1. The second-order valence-corrected chi connectivity index (χ2v) is 4.35. The third-order valence-electron chi connectivity index (χ3n) is 2.47. The lowest BCUT2D eigenvalue weighted by atomic mass is 10.1. The SMILES string of the molecule is Cc1cc(C(=O)C(=O)NCCN(C)C)ccc1F. The predicted molar refractivity (Wildman–Crippen MR) is 67.0 cm³/mol. The molecule has 0 aliphatic carbocycles. The van der Waals surface area contributed by atoms with Crippen molar-refractivity contribution >= 4 is 11.7 Å². The normalized spacial score (nSPS) is 10.5. The Morgan fingerprint density at radius 2 is 2.00 bits per heavy atom. The van der Waals surface area contributed by atoms with Crippen molar-refractivity contribution in [3.63, 3.8) is 0 Å². The third kappa shape index (κ3) is 3.92. The highest BCUT2D eigenvalue weighted by Crippen LogP contribution is 2.09. The Morgan fingerprint density at radius 1 is 1.33 bits per heavy atom. The maximum absolute atomic E-state index is 13.0. The second-order valence-electron chi connectivity index (χ2n) is 4.35. The number of benzene rings is 1. The Balaban J connectivity index is 2.63. The molecule has 0 saturated carbocycles. The molecule has 18 heavy (non-hydrogen) atoms. The minimum atomic E-state index is -0.664. The van der Waals surface area contributed by atoms with Gasteiger partial charge in [-0.1, -0.05) is 0 Å². The van der Waals surface area contributed by atoms with Crippen LogP contribution in [0.2, 0.25) is 0 Å². The molecule has 0 fully saturated rings. The lowest BCUT2D eigenvalue weighted by molar-refractivity contribution is -0.117. The fraction of sp³-hybridized carbons (Fsp3) is 0.385. The largest absolute Gasteiger partial charge is 0.348 e. The van der Waals surface area contributed by atoms with Gasteiger partial charge in [0.05, 0.1) is 0 Å². The van der Waals surface area contributed by atoms with Gasteiger partial charge in [0.15, 0.2) is 0 Å². The summed E-state index contributed by atoms with van der Waals surface area (Å²) in [5.74, 6) is -1.70. The van der Waals surface area contributed by atoms with Crippen molar-refractivity contribution in [2.75, 3.05) is 27.2 Å². The smallest absolute Gasteiger partial charge is 0.292 e. The Bertz CT molecular complexity index is 458. The number of hydrogen-bond donors (Lipinski definition) is 1. The number of Topliss-reactive ketones (excluding diaryl/α,β-unsaturated/α-hetero) is 1. The molecule has 1 rings (SSSR count). The van der Waals surface area contributed by atoms with Crippen LogP contribution in [0.25, 0.3) is 0 Å². The van der Waals surface area contributed by atoms with Crippen LogP contribution in [0.5, 0.6) is 0 Å². The Morgan fingerprint density at radius 3 is 2.56 bits per heavy atom. The van der Waals surface area contributed by atoms with E-state index < -0.39 is 11.7 Å². The third-order valence-corrected chi connectivity index (χ3v) is 2.47. The van der Waals surface area contributed by atoms with Gasteiger partial charge in [-0.3, -0.25) is 9.59 Å². The van der Waals surface area contributed by atoms with E-state index in [9.17, 15) is 14.0 Å². The number of halogens is 1. The molecule has 0 aromatic heterocycles. The number of carbonyl (C=O) groups is 2. The summed E-state index contributed by atoms with van der Waals surface area (Å²) in [5.41, 5.74) is 0.554. The van der Waals surface area contributed by atoms with Crippen LogP contribution >= 0.6 is 0 Å².